The molecule has 0 aliphatic rings. The van der Waals surface area contributed by atoms with Crippen LogP contribution in [0.15, 0.2) is 5.18 Å². The summed E-state index contributed by atoms with van der Waals surface area (Å²) < 4.78 is 0. The van der Waals surface area contributed by atoms with E-state index in [9.17, 15) is 4.91 Å². The molecule has 0 radical (unpaired) electrons. The number of nitroso groups, excluding NO2 is 1. The van der Waals surface area contributed by atoms with Gasteiger partial charge in [-0.05, 0) is 37.7 Å². The Morgan fingerprint density at radius 3 is 1.88 bits per heavy atom. The fourth-order valence-electron chi connectivity index (χ4n) is 1.46. The lowest BCUT2D eigenvalue weighted by Gasteiger charge is -2.15. The van der Waals surface area contributed by atoms with E-state index in [2.05, 4.69) is 17.3 Å². The summed E-state index contributed by atoms with van der Waals surface area (Å²) in [5.74, 6) is 0. The lowest BCUT2D eigenvalue weighted by molar-refractivity contribution is 0.902. The maximum atomic E-state index is 9.98. The molecule has 0 saturated heterocycles. The van der Waals surface area contributed by atoms with Gasteiger partial charge in [0.15, 0.2) is 0 Å². The number of nitrogens with zero attached hydrogens (tertiary/aromatic N) is 3. The normalized spacial score (nSPS) is 9.69. The number of hydrogen-bond acceptors (Lipinski definition) is 4. The van der Waals surface area contributed by atoms with Crippen LogP contribution in [0.4, 0.5) is 0 Å². The maximum Gasteiger partial charge on any atom is 0.0814 e. The lowest BCUT2D eigenvalue weighted by atomic mass is 10.4. The van der Waals surface area contributed by atoms with Crippen LogP contribution in [0.1, 0.15) is 32.1 Å². The van der Waals surface area contributed by atoms with E-state index < -0.39 is 0 Å². The molecule has 0 saturated carbocycles. The molecule has 0 aromatic carbocycles. The van der Waals surface area contributed by atoms with Gasteiger partial charge in [0.1, 0.15) is 0 Å². The van der Waals surface area contributed by atoms with E-state index >= 15 is 0 Å². The topological polar surface area (TPSA) is 77.0 Å². The Balaban J connectivity index is 3.72. The molecule has 0 aromatic heterocycles. The second-order valence-electron chi connectivity index (χ2n) is 3.57. The summed E-state index contributed by atoms with van der Waals surface area (Å²) in [4.78, 5) is 9.98. The molecule has 0 heterocycles. The largest absolute Gasteiger partial charge is 0.198 e. The molecule has 0 atom stereocenters. The zero-order chi connectivity index (χ0) is 12.1. The van der Waals surface area contributed by atoms with Crippen LogP contribution >= 0.6 is 7.92 Å². The summed E-state index contributed by atoms with van der Waals surface area (Å²) in [5.41, 5.74) is 0. The van der Waals surface area contributed by atoms with Crippen molar-refractivity contribution in [3.8, 4) is 12.1 Å². The summed E-state index contributed by atoms with van der Waals surface area (Å²) >= 11 is 0. The molecule has 88 valence electrons. The van der Waals surface area contributed by atoms with Gasteiger partial charge >= 0.3 is 0 Å². The predicted octanol–water partition coefficient (Wildman–Crippen LogP) is 3.23. The molecule has 4 nitrogen and oxygen atoms in total. The number of unbranched alkanes of at least 4 members (excludes halogenated alkanes) is 2. The second kappa shape index (κ2) is 12.1. The van der Waals surface area contributed by atoms with Gasteiger partial charge in [0.25, 0.3) is 0 Å². The van der Waals surface area contributed by atoms with Gasteiger partial charge in [0, 0.05) is 12.8 Å². The SMILES string of the molecule is N#CCCCP(CCCC#N)CCCN=O. The Morgan fingerprint density at radius 1 is 0.938 bits per heavy atom. The zero-order valence-electron chi connectivity index (χ0n) is 9.56. The first-order chi connectivity index (χ1) is 7.85. The third kappa shape index (κ3) is 9.56. The Bertz CT molecular complexity index is 237. The van der Waals surface area contributed by atoms with Crippen LogP contribution in [-0.2, 0) is 0 Å². The molecule has 0 N–H and O–H groups in total. The molecule has 0 bridgehead atoms. The van der Waals surface area contributed by atoms with Crippen molar-refractivity contribution in [2.45, 2.75) is 32.1 Å². The number of nitriles is 2. The van der Waals surface area contributed by atoms with Crippen molar-refractivity contribution < 1.29 is 0 Å². The minimum atomic E-state index is -0.0966. The van der Waals surface area contributed by atoms with Gasteiger partial charge in [-0.15, -0.1) is 7.92 Å². The highest BCUT2D eigenvalue weighted by Crippen LogP contribution is 2.38. The van der Waals surface area contributed by atoms with Crippen molar-refractivity contribution in [2.24, 2.45) is 5.18 Å². The second-order valence-corrected chi connectivity index (χ2v) is 6.25. The van der Waals surface area contributed by atoms with E-state index in [1.165, 1.54) is 0 Å². The average Bonchev–Trinajstić information content (AvgIpc) is 2.29. The smallest absolute Gasteiger partial charge is 0.0814 e. The van der Waals surface area contributed by atoms with E-state index in [0.717, 1.165) is 37.7 Å². The van der Waals surface area contributed by atoms with Crippen LogP contribution in [0.5, 0.6) is 0 Å². The van der Waals surface area contributed by atoms with Crippen molar-refractivity contribution in [3.63, 3.8) is 0 Å². The van der Waals surface area contributed by atoms with Gasteiger partial charge in [-0.3, -0.25) is 0 Å². The Hall–Kier alpha value is -0.990. The molecule has 0 amide bonds. The maximum absolute atomic E-state index is 9.98. The van der Waals surface area contributed by atoms with Crippen molar-refractivity contribution in [2.75, 3.05) is 25.0 Å². The number of hydrogen-bond donors (Lipinski definition) is 0. The highest BCUT2D eigenvalue weighted by atomic mass is 31.1. The van der Waals surface area contributed by atoms with Gasteiger partial charge in [0.2, 0.25) is 0 Å². The quantitative estimate of drug-likeness (QED) is 0.333. The summed E-state index contributed by atoms with van der Waals surface area (Å²) in [5, 5.41) is 19.8. The molecule has 16 heavy (non-hydrogen) atoms. The Morgan fingerprint density at radius 2 is 1.44 bits per heavy atom. The molecular formula is C11H18N3OP. The van der Waals surface area contributed by atoms with Crippen molar-refractivity contribution >= 4 is 7.92 Å². The van der Waals surface area contributed by atoms with Crippen LogP contribution in [-0.4, -0.2) is 25.0 Å². The van der Waals surface area contributed by atoms with Crippen molar-refractivity contribution in [3.05, 3.63) is 4.91 Å². The van der Waals surface area contributed by atoms with E-state index in [1.54, 1.807) is 0 Å². The minimum absolute atomic E-state index is 0.0966. The van der Waals surface area contributed by atoms with Crippen molar-refractivity contribution in [1.29, 1.82) is 10.5 Å². The highest BCUT2D eigenvalue weighted by molar-refractivity contribution is 7.57. The first-order valence-electron chi connectivity index (χ1n) is 5.60. The van der Waals surface area contributed by atoms with Crippen LogP contribution in [0.3, 0.4) is 0 Å². The van der Waals surface area contributed by atoms with Crippen LogP contribution in [0.2, 0.25) is 0 Å². The fourth-order valence-corrected chi connectivity index (χ4v) is 3.93. The van der Waals surface area contributed by atoms with Gasteiger partial charge in [-0.1, -0.05) is 5.18 Å². The lowest BCUT2D eigenvalue weighted by Crippen LogP contribution is -1.97. The van der Waals surface area contributed by atoms with E-state index in [1.807, 2.05) is 0 Å². The average molecular weight is 239 g/mol. The summed E-state index contributed by atoms with van der Waals surface area (Å²) in [6.07, 6.45) is 7.21. The minimum Gasteiger partial charge on any atom is -0.198 e. The first kappa shape index (κ1) is 15.0. The van der Waals surface area contributed by atoms with E-state index in [-0.39, 0.29) is 7.92 Å². The fraction of sp³-hybridized carbons (Fsp3) is 0.818. The molecule has 5 heteroatoms. The van der Waals surface area contributed by atoms with E-state index in [0.29, 0.717) is 19.4 Å². The van der Waals surface area contributed by atoms with Gasteiger partial charge in [-0.25, -0.2) is 0 Å². The zero-order valence-corrected chi connectivity index (χ0v) is 10.5. The van der Waals surface area contributed by atoms with Crippen LogP contribution in [0, 0.1) is 27.6 Å². The third-order valence-electron chi connectivity index (χ3n) is 2.25. The number of rotatable bonds is 10. The Kier molecular flexibility index (Phi) is 11.3. The van der Waals surface area contributed by atoms with Crippen molar-refractivity contribution in [1.82, 2.24) is 0 Å². The van der Waals surface area contributed by atoms with Gasteiger partial charge in [-0.2, -0.15) is 15.4 Å². The molecule has 0 spiro atoms. The first-order valence-corrected chi connectivity index (χ1v) is 7.50. The summed E-state index contributed by atoms with van der Waals surface area (Å²) in [7, 11) is -0.0966. The van der Waals surface area contributed by atoms with Crippen LogP contribution in [0.25, 0.3) is 0 Å². The monoisotopic (exact) mass is 239 g/mol. The standard InChI is InChI=1S/C11H18N3OP/c12-6-1-3-9-16(10-4-2-7-13)11-5-8-14-15/h1-5,8-11H2. The molecule has 0 rings (SSSR count). The summed E-state index contributed by atoms with van der Waals surface area (Å²) in [6.45, 7) is 0.398. The molecule has 0 aromatic rings. The molecule has 0 unspecified atom stereocenters. The Labute approximate surface area is 98.4 Å². The van der Waals surface area contributed by atoms with Gasteiger partial charge in [0.05, 0.1) is 18.7 Å². The van der Waals surface area contributed by atoms with Crippen LogP contribution < -0.4 is 0 Å². The summed E-state index contributed by atoms with van der Waals surface area (Å²) in [6, 6.07) is 4.29. The highest BCUT2D eigenvalue weighted by Gasteiger charge is 2.07. The third-order valence-corrected chi connectivity index (χ3v) is 5.10. The molecule has 0 fully saturated rings. The van der Waals surface area contributed by atoms with Gasteiger partial charge < -0.3 is 0 Å². The molecular weight excluding hydrogens is 221 g/mol. The predicted molar refractivity (Wildman–Crippen MR) is 66.5 cm³/mol. The molecule has 0 aliphatic carbocycles. The van der Waals surface area contributed by atoms with E-state index in [4.69, 9.17) is 10.5 Å². The molecule has 0 aliphatic heterocycles.